The lowest BCUT2D eigenvalue weighted by Crippen LogP contribution is -1.94. The molecule has 2 heterocycles. The molecule has 0 saturated carbocycles. The van der Waals surface area contributed by atoms with Gasteiger partial charge in [0.15, 0.2) is 4.96 Å². The summed E-state index contributed by atoms with van der Waals surface area (Å²) in [7, 11) is 0. The number of aliphatic hydroxyl groups is 1. The Morgan fingerprint density at radius 2 is 2.35 bits per heavy atom. The number of hydrogen-bond acceptors (Lipinski definition) is 6. The molecule has 0 amide bonds. The molecule has 102 valence electrons. The average molecular weight is 291 g/mol. The molecule has 0 spiro atoms. The van der Waals surface area contributed by atoms with E-state index in [-0.39, 0.29) is 18.2 Å². The molecule has 7 nitrogen and oxygen atoms in total. The van der Waals surface area contributed by atoms with Crippen LogP contribution in [-0.2, 0) is 6.61 Å². The van der Waals surface area contributed by atoms with E-state index in [1.807, 2.05) is 5.38 Å². The van der Waals surface area contributed by atoms with Crippen molar-refractivity contribution in [2.24, 2.45) is 0 Å². The Kier molecular flexibility index (Phi) is 3.09. The van der Waals surface area contributed by atoms with Gasteiger partial charge >= 0.3 is 0 Å². The largest absolute Gasteiger partial charge is 0.437 e. The maximum atomic E-state index is 10.7. The molecule has 0 saturated heterocycles. The highest BCUT2D eigenvalue weighted by molar-refractivity contribution is 7.15. The summed E-state index contributed by atoms with van der Waals surface area (Å²) in [5, 5.41) is 22.0. The van der Waals surface area contributed by atoms with Crippen LogP contribution in [0.1, 0.15) is 5.69 Å². The summed E-state index contributed by atoms with van der Waals surface area (Å²) >= 11 is 1.41. The molecular weight excluding hydrogens is 282 g/mol. The minimum absolute atomic E-state index is 0.0610. The summed E-state index contributed by atoms with van der Waals surface area (Å²) in [5.74, 6) is 0.555. The summed E-state index contributed by atoms with van der Waals surface area (Å²) < 4.78 is 7.26. The fourth-order valence-electron chi connectivity index (χ4n) is 1.81. The maximum absolute atomic E-state index is 10.7. The molecule has 0 aliphatic carbocycles. The fourth-order valence-corrected chi connectivity index (χ4v) is 2.54. The molecule has 3 aromatic rings. The van der Waals surface area contributed by atoms with Crippen LogP contribution < -0.4 is 4.74 Å². The van der Waals surface area contributed by atoms with Crippen molar-refractivity contribution < 1.29 is 14.8 Å². The molecule has 0 radical (unpaired) electrons. The number of fused-ring (bicyclic) bond motifs is 1. The number of imidazole rings is 1. The highest BCUT2D eigenvalue weighted by atomic mass is 32.1. The molecule has 1 N–H and O–H groups in total. The Balaban J connectivity index is 1.98. The smallest absolute Gasteiger partial charge is 0.273 e. The van der Waals surface area contributed by atoms with Crippen LogP contribution in [-0.4, -0.2) is 19.4 Å². The lowest BCUT2D eigenvalue weighted by atomic mass is 10.3. The average Bonchev–Trinajstić information content (AvgIpc) is 2.99. The number of ether oxygens (including phenoxy) is 1. The quantitative estimate of drug-likeness (QED) is 0.589. The van der Waals surface area contributed by atoms with E-state index in [1.165, 1.54) is 29.5 Å². The SMILES string of the molecule is O=[N+]([O-])c1cccc(Oc2nc3sccn3c2CO)c1. The van der Waals surface area contributed by atoms with Crippen LogP contribution >= 0.6 is 11.3 Å². The Morgan fingerprint density at radius 1 is 1.50 bits per heavy atom. The van der Waals surface area contributed by atoms with Crippen molar-refractivity contribution in [3.05, 3.63) is 51.7 Å². The van der Waals surface area contributed by atoms with Gasteiger partial charge in [0.2, 0.25) is 5.88 Å². The number of nitro benzene ring substituents is 1. The van der Waals surface area contributed by atoms with E-state index in [9.17, 15) is 15.2 Å². The molecule has 20 heavy (non-hydrogen) atoms. The van der Waals surface area contributed by atoms with E-state index in [0.717, 1.165) is 0 Å². The third-order valence-electron chi connectivity index (χ3n) is 2.72. The number of non-ortho nitro benzene ring substituents is 1. The van der Waals surface area contributed by atoms with E-state index in [1.54, 1.807) is 16.7 Å². The first-order valence-corrected chi connectivity index (χ1v) is 6.54. The van der Waals surface area contributed by atoms with E-state index < -0.39 is 4.92 Å². The summed E-state index contributed by atoms with van der Waals surface area (Å²) in [6.45, 7) is -0.234. The monoisotopic (exact) mass is 291 g/mol. The van der Waals surface area contributed by atoms with Gasteiger partial charge in [0.05, 0.1) is 17.6 Å². The zero-order valence-corrected chi connectivity index (χ0v) is 10.9. The van der Waals surface area contributed by atoms with Crippen LogP contribution in [0, 0.1) is 10.1 Å². The zero-order valence-electron chi connectivity index (χ0n) is 10.1. The first-order valence-electron chi connectivity index (χ1n) is 5.66. The number of aliphatic hydroxyl groups excluding tert-OH is 1. The number of thiazole rings is 1. The van der Waals surface area contributed by atoms with Crippen molar-refractivity contribution in [3.8, 4) is 11.6 Å². The van der Waals surface area contributed by atoms with Crippen molar-refractivity contribution >= 4 is 22.0 Å². The molecule has 0 fully saturated rings. The van der Waals surface area contributed by atoms with Crippen LogP contribution in [0.5, 0.6) is 11.6 Å². The predicted molar refractivity (Wildman–Crippen MR) is 72.2 cm³/mol. The second kappa shape index (κ2) is 4.91. The zero-order chi connectivity index (χ0) is 14.1. The minimum atomic E-state index is -0.494. The van der Waals surface area contributed by atoms with Gasteiger partial charge in [-0.25, -0.2) is 0 Å². The Hall–Kier alpha value is -2.45. The topological polar surface area (TPSA) is 89.9 Å². The van der Waals surface area contributed by atoms with Crippen molar-refractivity contribution in [2.75, 3.05) is 0 Å². The third-order valence-corrected chi connectivity index (χ3v) is 3.47. The molecule has 1 aromatic carbocycles. The van der Waals surface area contributed by atoms with Crippen molar-refractivity contribution in [3.63, 3.8) is 0 Å². The van der Waals surface area contributed by atoms with Gasteiger partial charge in [-0.1, -0.05) is 6.07 Å². The molecule has 2 aromatic heterocycles. The van der Waals surface area contributed by atoms with Crippen LogP contribution in [0.3, 0.4) is 0 Å². The van der Waals surface area contributed by atoms with E-state index in [2.05, 4.69) is 4.98 Å². The number of hydrogen-bond donors (Lipinski definition) is 1. The second-order valence-electron chi connectivity index (χ2n) is 3.93. The summed E-state index contributed by atoms with van der Waals surface area (Å²) in [4.78, 5) is 15.2. The first-order chi connectivity index (χ1) is 9.69. The first kappa shape index (κ1) is 12.6. The lowest BCUT2D eigenvalue weighted by Gasteiger charge is -2.04. The molecular formula is C12H9N3O4S. The maximum Gasteiger partial charge on any atom is 0.273 e. The number of nitro groups is 1. The van der Waals surface area contributed by atoms with Gasteiger partial charge < -0.3 is 9.84 Å². The van der Waals surface area contributed by atoms with Gasteiger partial charge in [0.1, 0.15) is 11.4 Å². The molecule has 3 rings (SSSR count). The summed E-state index contributed by atoms with van der Waals surface area (Å²) in [6, 6.07) is 5.83. The lowest BCUT2D eigenvalue weighted by molar-refractivity contribution is -0.384. The van der Waals surface area contributed by atoms with Gasteiger partial charge in [-0.05, 0) is 6.07 Å². The van der Waals surface area contributed by atoms with Crippen LogP contribution in [0.2, 0.25) is 0 Å². The van der Waals surface area contributed by atoms with Gasteiger partial charge in [0.25, 0.3) is 5.69 Å². The van der Waals surface area contributed by atoms with E-state index >= 15 is 0 Å². The molecule has 0 unspecified atom stereocenters. The standard InChI is InChI=1S/C12H9N3O4S/c16-7-10-11(13-12-14(10)4-5-20-12)19-9-3-1-2-8(6-9)15(17)18/h1-6,16H,7H2. The molecule has 0 aliphatic rings. The highest BCUT2D eigenvalue weighted by Crippen LogP contribution is 2.29. The number of benzene rings is 1. The van der Waals surface area contributed by atoms with Gasteiger partial charge in [-0.15, -0.1) is 11.3 Å². The molecule has 0 bridgehead atoms. The second-order valence-corrected chi connectivity index (χ2v) is 4.81. The van der Waals surface area contributed by atoms with Crippen molar-refractivity contribution in [1.82, 2.24) is 9.38 Å². The van der Waals surface area contributed by atoms with Crippen LogP contribution in [0.25, 0.3) is 4.96 Å². The van der Waals surface area contributed by atoms with E-state index in [0.29, 0.717) is 16.4 Å². The number of aromatic nitrogens is 2. The number of rotatable bonds is 4. The van der Waals surface area contributed by atoms with Gasteiger partial charge in [-0.3, -0.25) is 14.5 Å². The van der Waals surface area contributed by atoms with E-state index in [4.69, 9.17) is 4.74 Å². The van der Waals surface area contributed by atoms with Crippen LogP contribution in [0.15, 0.2) is 35.8 Å². The fraction of sp³-hybridized carbons (Fsp3) is 0.0833. The molecule has 0 atom stereocenters. The van der Waals surface area contributed by atoms with Crippen LogP contribution in [0.4, 0.5) is 5.69 Å². The normalized spacial score (nSPS) is 10.8. The predicted octanol–water partition coefficient (Wildman–Crippen LogP) is 2.59. The summed E-state index contributed by atoms with van der Waals surface area (Å²) in [5.41, 5.74) is 0.446. The Morgan fingerprint density at radius 3 is 3.10 bits per heavy atom. The number of nitrogens with zero attached hydrogens (tertiary/aromatic N) is 3. The minimum Gasteiger partial charge on any atom is -0.437 e. The third kappa shape index (κ3) is 2.10. The van der Waals surface area contributed by atoms with Gasteiger partial charge in [0, 0.05) is 17.6 Å². The Bertz CT molecular complexity index is 780. The molecule has 8 heteroatoms. The van der Waals surface area contributed by atoms with Gasteiger partial charge in [-0.2, -0.15) is 4.98 Å². The summed E-state index contributed by atoms with van der Waals surface area (Å²) in [6.07, 6.45) is 1.78. The molecule has 0 aliphatic heterocycles. The van der Waals surface area contributed by atoms with Crippen molar-refractivity contribution in [2.45, 2.75) is 6.61 Å². The van der Waals surface area contributed by atoms with Crippen molar-refractivity contribution in [1.29, 1.82) is 0 Å². The Labute approximate surface area is 116 Å². The highest BCUT2D eigenvalue weighted by Gasteiger charge is 2.15.